The molecule has 0 aliphatic rings. The Hall–Kier alpha value is -2.87. The molecule has 3 rings (SSSR count). The molecule has 0 amide bonds. The van der Waals surface area contributed by atoms with E-state index < -0.39 is 15.8 Å². The van der Waals surface area contributed by atoms with Crippen LogP contribution in [0.15, 0.2) is 47.8 Å². The minimum atomic E-state index is -3.38. The van der Waals surface area contributed by atoms with Crippen LogP contribution in [0.25, 0.3) is 22.0 Å². The minimum absolute atomic E-state index is 0.125. The summed E-state index contributed by atoms with van der Waals surface area (Å²) < 4.78 is 41.8. The molecule has 8 heteroatoms. The van der Waals surface area contributed by atoms with Gasteiger partial charge in [0.2, 0.25) is 10.0 Å². The number of hydrogen-bond donors (Lipinski definition) is 2. The second kappa shape index (κ2) is 7.03. The Morgan fingerprint density at radius 3 is 2.56 bits per heavy atom. The van der Waals surface area contributed by atoms with Gasteiger partial charge in [-0.05, 0) is 43.7 Å². The maximum Gasteiger partial charge on any atom is 0.229 e. The van der Waals surface area contributed by atoms with Crippen LogP contribution in [0.1, 0.15) is 25.5 Å². The fourth-order valence-corrected chi connectivity index (χ4v) is 3.60. The Labute approximate surface area is 157 Å². The number of nitrogens with zero attached hydrogens (tertiary/aromatic N) is 2. The van der Waals surface area contributed by atoms with Crippen LogP contribution in [-0.4, -0.2) is 30.7 Å². The normalized spacial score (nSPS) is 12.3. The highest BCUT2D eigenvalue weighted by Gasteiger charge is 2.15. The Kier molecular flexibility index (Phi) is 4.93. The van der Waals surface area contributed by atoms with E-state index in [9.17, 15) is 12.8 Å². The third-order valence-corrected chi connectivity index (χ3v) is 4.81. The average Bonchev–Trinajstić information content (AvgIpc) is 2.94. The van der Waals surface area contributed by atoms with Crippen LogP contribution in [0, 0.1) is 5.82 Å². The van der Waals surface area contributed by atoms with Crippen molar-refractivity contribution in [3.8, 4) is 11.1 Å². The van der Waals surface area contributed by atoms with E-state index in [-0.39, 0.29) is 11.6 Å². The summed E-state index contributed by atoms with van der Waals surface area (Å²) in [7, 11) is -3.38. The maximum absolute atomic E-state index is 14.3. The first-order valence-corrected chi connectivity index (χ1v) is 10.2. The van der Waals surface area contributed by atoms with Gasteiger partial charge in [-0.1, -0.05) is 17.3 Å². The SMILES string of the molecule is CC(C)n1cc(-c2ccc(C=NO)c(F)c2)c2ccc(NS(C)(=O)=O)cc21. The van der Waals surface area contributed by atoms with E-state index in [1.165, 1.54) is 6.07 Å². The Bertz CT molecular complexity index is 1130. The van der Waals surface area contributed by atoms with Crippen molar-refractivity contribution in [2.75, 3.05) is 11.0 Å². The van der Waals surface area contributed by atoms with Gasteiger partial charge in [0.1, 0.15) is 5.82 Å². The van der Waals surface area contributed by atoms with Gasteiger partial charge in [-0.3, -0.25) is 4.72 Å². The van der Waals surface area contributed by atoms with Gasteiger partial charge in [-0.2, -0.15) is 0 Å². The van der Waals surface area contributed by atoms with Gasteiger partial charge in [-0.25, -0.2) is 12.8 Å². The zero-order valence-corrected chi connectivity index (χ0v) is 16.0. The molecular weight excluding hydrogens is 369 g/mol. The monoisotopic (exact) mass is 389 g/mol. The quantitative estimate of drug-likeness (QED) is 0.390. The van der Waals surface area contributed by atoms with E-state index in [2.05, 4.69) is 9.88 Å². The van der Waals surface area contributed by atoms with Crippen molar-refractivity contribution in [2.24, 2.45) is 5.16 Å². The van der Waals surface area contributed by atoms with E-state index in [0.717, 1.165) is 28.9 Å². The zero-order chi connectivity index (χ0) is 19.8. The number of oxime groups is 1. The molecule has 1 aromatic heterocycles. The first kappa shape index (κ1) is 18.9. The van der Waals surface area contributed by atoms with E-state index in [1.54, 1.807) is 24.3 Å². The van der Waals surface area contributed by atoms with Crippen LogP contribution in [0.3, 0.4) is 0 Å². The van der Waals surface area contributed by atoms with E-state index in [1.807, 2.05) is 30.7 Å². The number of hydrogen-bond acceptors (Lipinski definition) is 4. The van der Waals surface area contributed by atoms with Gasteiger partial charge < -0.3 is 9.77 Å². The predicted octanol–water partition coefficient (Wildman–Crippen LogP) is 4.21. The number of sulfonamides is 1. The highest BCUT2D eigenvalue weighted by molar-refractivity contribution is 7.92. The summed E-state index contributed by atoms with van der Waals surface area (Å²) in [5.41, 5.74) is 3.01. The van der Waals surface area contributed by atoms with Crippen molar-refractivity contribution in [1.29, 1.82) is 0 Å². The van der Waals surface area contributed by atoms with Crippen LogP contribution in [0.4, 0.5) is 10.1 Å². The van der Waals surface area contributed by atoms with E-state index in [0.29, 0.717) is 11.3 Å². The lowest BCUT2D eigenvalue weighted by Crippen LogP contribution is -2.09. The van der Waals surface area contributed by atoms with E-state index >= 15 is 0 Å². The standard InChI is InChI=1S/C19H20FN3O3S/c1-12(2)23-11-17(13-4-5-14(10-21-24)18(20)8-13)16-7-6-15(9-19(16)23)22-27(3,25)26/h4-12,22,24H,1-3H3. The molecule has 2 N–H and O–H groups in total. The third kappa shape index (κ3) is 3.95. The second-order valence-corrected chi connectivity index (χ2v) is 8.38. The van der Waals surface area contributed by atoms with Gasteiger partial charge in [0.15, 0.2) is 0 Å². The third-order valence-electron chi connectivity index (χ3n) is 4.20. The summed E-state index contributed by atoms with van der Waals surface area (Å²) in [5, 5.41) is 12.3. The second-order valence-electron chi connectivity index (χ2n) is 6.63. The zero-order valence-electron chi connectivity index (χ0n) is 15.1. The number of rotatable bonds is 5. The molecule has 0 saturated carbocycles. The topological polar surface area (TPSA) is 83.7 Å². The smallest absolute Gasteiger partial charge is 0.229 e. The van der Waals surface area contributed by atoms with Gasteiger partial charge in [0, 0.05) is 28.8 Å². The van der Waals surface area contributed by atoms with E-state index in [4.69, 9.17) is 5.21 Å². The molecule has 0 spiro atoms. The molecule has 0 aliphatic carbocycles. The molecule has 27 heavy (non-hydrogen) atoms. The van der Waals surface area contributed by atoms with Crippen LogP contribution in [-0.2, 0) is 10.0 Å². The fraction of sp³-hybridized carbons (Fsp3) is 0.211. The van der Waals surface area contributed by atoms with Crippen molar-refractivity contribution < 1.29 is 18.0 Å². The van der Waals surface area contributed by atoms with Crippen molar-refractivity contribution in [1.82, 2.24) is 4.57 Å². The van der Waals surface area contributed by atoms with Crippen LogP contribution in [0.2, 0.25) is 0 Å². The molecular formula is C19H20FN3O3S. The average molecular weight is 389 g/mol. The molecule has 0 atom stereocenters. The number of fused-ring (bicyclic) bond motifs is 1. The van der Waals surface area contributed by atoms with Gasteiger partial charge in [0.05, 0.1) is 23.7 Å². The molecule has 0 fully saturated rings. The summed E-state index contributed by atoms with van der Waals surface area (Å²) in [6.45, 7) is 4.03. The van der Waals surface area contributed by atoms with Gasteiger partial charge >= 0.3 is 0 Å². The molecule has 2 aromatic carbocycles. The highest BCUT2D eigenvalue weighted by Crippen LogP contribution is 2.34. The molecule has 0 radical (unpaired) electrons. The number of benzene rings is 2. The Morgan fingerprint density at radius 1 is 1.22 bits per heavy atom. The lowest BCUT2D eigenvalue weighted by molar-refractivity contribution is 0.321. The number of aromatic nitrogens is 1. The van der Waals surface area contributed by atoms with Crippen molar-refractivity contribution >= 4 is 32.8 Å². The lowest BCUT2D eigenvalue weighted by Gasteiger charge is -2.10. The molecule has 0 unspecified atom stereocenters. The Morgan fingerprint density at radius 2 is 1.96 bits per heavy atom. The molecule has 1 heterocycles. The summed E-state index contributed by atoms with van der Waals surface area (Å²) in [5.74, 6) is -0.494. The highest BCUT2D eigenvalue weighted by atomic mass is 32.2. The first-order valence-electron chi connectivity index (χ1n) is 8.29. The summed E-state index contributed by atoms with van der Waals surface area (Å²) in [6, 6.07) is 10.1. The largest absolute Gasteiger partial charge is 0.411 e. The molecule has 0 bridgehead atoms. The molecule has 142 valence electrons. The summed E-state index contributed by atoms with van der Waals surface area (Å²) >= 11 is 0. The number of halogens is 1. The lowest BCUT2D eigenvalue weighted by atomic mass is 10.0. The van der Waals surface area contributed by atoms with Crippen LogP contribution >= 0.6 is 0 Å². The van der Waals surface area contributed by atoms with Crippen LogP contribution in [0.5, 0.6) is 0 Å². The van der Waals surface area contributed by atoms with Gasteiger partial charge in [0.25, 0.3) is 0 Å². The molecule has 3 aromatic rings. The van der Waals surface area contributed by atoms with Crippen molar-refractivity contribution in [3.63, 3.8) is 0 Å². The first-order chi connectivity index (χ1) is 12.7. The minimum Gasteiger partial charge on any atom is -0.411 e. The molecule has 0 saturated heterocycles. The van der Waals surface area contributed by atoms with Crippen LogP contribution < -0.4 is 4.72 Å². The maximum atomic E-state index is 14.3. The predicted molar refractivity (Wildman–Crippen MR) is 106 cm³/mol. The number of anilines is 1. The number of nitrogens with one attached hydrogen (secondary N) is 1. The summed E-state index contributed by atoms with van der Waals surface area (Å²) in [4.78, 5) is 0. The van der Waals surface area contributed by atoms with Crippen molar-refractivity contribution in [2.45, 2.75) is 19.9 Å². The van der Waals surface area contributed by atoms with Crippen molar-refractivity contribution in [3.05, 3.63) is 54.0 Å². The molecule has 0 aliphatic heterocycles. The summed E-state index contributed by atoms with van der Waals surface area (Å²) in [6.07, 6.45) is 4.07. The Balaban J connectivity index is 2.18. The van der Waals surface area contributed by atoms with Gasteiger partial charge in [-0.15, -0.1) is 0 Å². The fourth-order valence-electron chi connectivity index (χ4n) is 3.05. The molecule has 6 nitrogen and oxygen atoms in total.